The van der Waals surface area contributed by atoms with E-state index in [1.165, 1.54) is 0 Å². The second-order valence-electron chi connectivity index (χ2n) is 4.32. The second-order valence-corrected chi connectivity index (χ2v) is 5.30. The van der Waals surface area contributed by atoms with Crippen LogP contribution in [0.4, 0.5) is 10.9 Å². The number of aromatic nitrogens is 1. The van der Waals surface area contributed by atoms with Crippen molar-refractivity contribution in [3.8, 4) is 0 Å². The van der Waals surface area contributed by atoms with Crippen molar-refractivity contribution >= 4 is 40.0 Å². The molecule has 1 rings (SSSR count). The van der Waals surface area contributed by atoms with Crippen LogP contribution in [-0.2, 0) is 9.59 Å². The number of rotatable bonds is 7. The fourth-order valence-corrected chi connectivity index (χ4v) is 2.47. The van der Waals surface area contributed by atoms with Gasteiger partial charge >= 0.3 is 0 Å². The number of carbonyl (C=O) groups is 3. The molecule has 9 nitrogen and oxygen atoms in total. The molecule has 0 aliphatic rings. The lowest BCUT2D eigenvalue weighted by molar-refractivity contribution is -0.121. The summed E-state index contributed by atoms with van der Waals surface area (Å²) >= 11 is 1.08. The van der Waals surface area contributed by atoms with Gasteiger partial charge in [-0.3, -0.25) is 14.4 Å². The quantitative estimate of drug-likeness (QED) is 0.563. The lowest BCUT2D eigenvalue weighted by Crippen LogP contribution is -2.43. The predicted molar refractivity (Wildman–Crippen MR) is 79.8 cm³/mol. The van der Waals surface area contributed by atoms with Crippen molar-refractivity contribution in [2.24, 2.45) is 11.5 Å². The van der Waals surface area contributed by atoms with Crippen molar-refractivity contribution < 1.29 is 14.4 Å². The molecule has 10 heteroatoms. The molecule has 0 saturated heterocycles. The highest BCUT2D eigenvalue weighted by Gasteiger charge is 2.25. The molecule has 0 fully saturated rings. The Hall–Kier alpha value is -2.36. The van der Waals surface area contributed by atoms with Crippen LogP contribution in [0, 0.1) is 0 Å². The number of hydrogen-bond donors (Lipinski definition) is 3. The third-order valence-corrected chi connectivity index (χ3v) is 3.79. The largest absolute Gasteiger partial charge is 0.382 e. The van der Waals surface area contributed by atoms with Crippen LogP contribution in [0.5, 0.6) is 0 Å². The molecule has 1 aromatic heterocycles. The van der Waals surface area contributed by atoms with Gasteiger partial charge in [-0.15, -0.1) is 0 Å². The predicted octanol–water partition coefficient (Wildman–Crippen LogP) is -1.41. The molecule has 1 heterocycles. The van der Waals surface area contributed by atoms with Crippen LogP contribution in [0.1, 0.15) is 16.6 Å². The number of thiazole rings is 1. The number of nitrogen functional groups attached to an aromatic ring is 1. The fraction of sp³-hybridized carbons (Fsp3) is 0.455. The van der Waals surface area contributed by atoms with Crippen LogP contribution >= 0.6 is 11.3 Å². The molecule has 0 unspecified atom stereocenters. The number of anilines is 2. The van der Waals surface area contributed by atoms with E-state index in [1.54, 1.807) is 7.05 Å². The van der Waals surface area contributed by atoms with Gasteiger partial charge in [0.2, 0.25) is 11.8 Å². The topological polar surface area (TPSA) is 149 Å². The summed E-state index contributed by atoms with van der Waals surface area (Å²) in [6.45, 7) is 1.77. The maximum Gasteiger partial charge on any atom is 0.268 e. The highest BCUT2D eigenvalue weighted by atomic mass is 32.1. The van der Waals surface area contributed by atoms with Crippen molar-refractivity contribution in [1.82, 2.24) is 9.88 Å². The number of carbonyl (C=O) groups excluding carboxylic acids is 3. The number of amides is 3. The molecular weight excluding hydrogens is 296 g/mol. The van der Waals surface area contributed by atoms with E-state index in [9.17, 15) is 14.4 Å². The van der Waals surface area contributed by atoms with Crippen molar-refractivity contribution in [1.29, 1.82) is 0 Å². The van der Waals surface area contributed by atoms with Gasteiger partial charge in [0.15, 0.2) is 5.13 Å². The zero-order chi connectivity index (χ0) is 16.2. The standard InChI is InChI=1S/C11H18N6O3S/c1-3-16(2)11-15-9(14)8(21-11)10(20)17(4-6(12)18)5-7(13)19/h3-5,14H2,1-2H3,(H2,12,18)(H2,13,19). The number of hydrogen-bond acceptors (Lipinski definition) is 7. The monoisotopic (exact) mass is 314 g/mol. The maximum absolute atomic E-state index is 12.3. The molecule has 21 heavy (non-hydrogen) atoms. The van der Waals surface area contributed by atoms with E-state index < -0.39 is 30.8 Å². The Labute approximate surface area is 125 Å². The Morgan fingerprint density at radius 3 is 2.14 bits per heavy atom. The fourth-order valence-electron chi connectivity index (χ4n) is 1.49. The van der Waals surface area contributed by atoms with Crippen LogP contribution in [0.3, 0.4) is 0 Å². The first-order chi connectivity index (χ1) is 9.76. The lowest BCUT2D eigenvalue weighted by Gasteiger charge is -2.18. The van der Waals surface area contributed by atoms with E-state index in [0.717, 1.165) is 16.2 Å². The molecular formula is C11H18N6O3S. The van der Waals surface area contributed by atoms with Crippen LogP contribution in [0.15, 0.2) is 0 Å². The van der Waals surface area contributed by atoms with Gasteiger partial charge in [0.1, 0.15) is 23.8 Å². The Balaban J connectivity index is 3.05. The van der Waals surface area contributed by atoms with Gasteiger partial charge in [-0.1, -0.05) is 11.3 Å². The smallest absolute Gasteiger partial charge is 0.268 e. The summed E-state index contributed by atoms with van der Waals surface area (Å²) in [7, 11) is 1.80. The summed E-state index contributed by atoms with van der Waals surface area (Å²) in [4.78, 5) is 41.3. The zero-order valence-electron chi connectivity index (χ0n) is 11.8. The minimum Gasteiger partial charge on any atom is -0.382 e. The molecule has 0 aliphatic carbocycles. The summed E-state index contributed by atoms with van der Waals surface area (Å²) < 4.78 is 0. The zero-order valence-corrected chi connectivity index (χ0v) is 12.6. The highest BCUT2D eigenvalue weighted by molar-refractivity contribution is 7.18. The van der Waals surface area contributed by atoms with Crippen molar-refractivity contribution in [2.75, 3.05) is 37.3 Å². The Kier molecular flexibility index (Phi) is 5.47. The number of nitrogens with zero attached hydrogens (tertiary/aromatic N) is 3. The normalized spacial score (nSPS) is 10.2. The first-order valence-corrected chi connectivity index (χ1v) is 6.91. The number of nitrogens with two attached hydrogens (primary N) is 3. The molecule has 0 atom stereocenters. The lowest BCUT2D eigenvalue weighted by atomic mass is 10.3. The summed E-state index contributed by atoms with van der Waals surface area (Å²) in [5.41, 5.74) is 15.8. The van der Waals surface area contributed by atoms with Crippen molar-refractivity contribution in [3.63, 3.8) is 0 Å². The van der Waals surface area contributed by atoms with Crippen LogP contribution < -0.4 is 22.1 Å². The average molecular weight is 314 g/mol. The molecule has 0 aliphatic heterocycles. The van der Waals surface area contributed by atoms with Gasteiger partial charge in [0.25, 0.3) is 5.91 Å². The summed E-state index contributed by atoms with van der Waals surface area (Å²) in [6.07, 6.45) is 0. The molecule has 0 aromatic carbocycles. The van der Waals surface area contributed by atoms with Gasteiger partial charge in [-0.2, -0.15) is 0 Å². The van der Waals surface area contributed by atoms with E-state index in [-0.39, 0.29) is 10.7 Å². The third kappa shape index (κ3) is 4.31. The van der Waals surface area contributed by atoms with E-state index in [1.807, 2.05) is 11.8 Å². The van der Waals surface area contributed by atoms with E-state index in [0.29, 0.717) is 11.7 Å². The second kappa shape index (κ2) is 6.88. The van der Waals surface area contributed by atoms with Gasteiger partial charge < -0.3 is 27.0 Å². The Morgan fingerprint density at radius 1 is 1.19 bits per heavy atom. The summed E-state index contributed by atoms with van der Waals surface area (Å²) in [5, 5.41) is 0.566. The van der Waals surface area contributed by atoms with E-state index >= 15 is 0 Å². The maximum atomic E-state index is 12.3. The highest BCUT2D eigenvalue weighted by Crippen LogP contribution is 2.28. The van der Waals surface area contributed by atoms with Crippen molar-refractivity contribution in [3.05, 3.63) is 4.88 Å². The SMILES string of the molecule is CCN(C)c1nc(N)c(C(=O)N(CC(N)=O)CC(N)=O)s1. The van der Waals surface area contributed by atoms with Crippen LogP contribution in [0.2, 0.25) is 0 Å². The van der Waals surface area contributed by atoms with Gasteiger partial charge in [-0.25, -0.2) is 4.98 Å². The van der Waals surface area contributed by atoms with Gasteiger partial charge in [0.05, 0.1) is 0 Å². The van der Waals surface area contributed by atoms with E-state index in [2.05, 4.69) is 4.98 Å². The van der Waals surface area contributed by atoms with Gasteiger partial charge in [0, 0.05) is 13.6 Å². The third-order valence-electron chi connectivity index (χ3n) is 2.62. The van der Waals surface area contributed by atoms with Crippen molar-refractivity contribution in [2.45, 2.75) is 6.92 Å². The Bertz CT molecular complexity index is 542. The molecule has 6 N–H and O–H groups in total. The van der Waals surface area contributed by atoms with E-state index in [4.69, 9.17) is 17.2 Å². The molecule has 0 radical (unpaired) electrons. The summed E-state index contributed by atoms with van der Waals surface area (Å²) in [6, 6.07) is 0. The number of primary amides is 2. The minimum atomic E-state index is -0.751. The average Bonchev–Trinajstić information content (AvgIpc) is 2.77. The molecule has 0 bridgehead atoms. The van der Waals surface area contributed by atoms with Crippen LogP contribution in [0.25, 0.3) is 0 Å². The molecule has 0 saturated carbocycles. The molecule has 1 aromatic rings. The Morgan fingerprint density at radius 2 is 1.71 bits per heavy atom. The first kappa shape index (κ1) is 16.7. The molecule has 116 valence electrons. The summed E-state index contributed by atoms with van der Waals surface area (Å²) in [5.74, 6) is -2.06. The van der Waals surface area contributed by atoms with Gasteiger partial charge in [-0.05, 0) is 6.92 Å². The van der Waals surface area contributed by atoms with Crippen LogP contribution in [-0.4, -0.2) is 54.3 Å². The minimum absolute atomic E-state index is 0.0410. The molecule has 3 amide bonds. The first-order valence-electron chi connectivity index (χ1n) is 6.09. The molecule has 0 spiro atoms.